The first-order valence-corrected chi connectivity index (χ1v) is 8.92. The predicted octanol–water partition coefficient (Wildman–Crippen LogP) is 2.94. The third-order valence-electron chi connectivity index (χ3n) is 4.19. The van der Waals surface area contributed by atoms with Crippen LogP contribution in [0.15, 0.2) is 45.9 Å². The molecule has 0 aliphatic heterocycles. The van der Waals surface area contributed by atoms with E-state index in [2.05, 4.69) is 84.6 Å². The molecule has 0 fully saturated rings. The molecule has 1 aromatic heterocycles. The second kappa shape index (κ2) is 8.85. The van der Waals surface area contributed by atoms with Gasteiger partial charge in [0.2, 0.25) is 5.89 Å². The lowest BCUT2D eigenvalue weighted by molar-refractivity contribution is 0.298. The van der Waals surface area contributed by atoms with Crippen LogP contribution in [0.3, 0.4) is 0 Å². The van der Waals surface area contributed by atoms with Crippen molar-refractivity contribution in [1.29, 1.82) is 0 Å². The Labute approximate surface area is 156 Å². The molecule has 2 N–H and O–H groups in total. The molecule has 1 unspecified atom stereocenters. The van der Waals surface area contributed by atoms with Gasteiger partial charge >= 0.3 is 0 Å². The maximum Gasteiger partial charge on any atom is 0.213 e. The molecule has 0 saturated carbocycles. The third kappa shape index (κ3) is 5.59. The zero-order valence-electron chi connectivity index (χ0n) is 16.7. The van der Waals surface area contributed by atoms with Crippen molar-refractivity contribution in [3.8, 4) is 0 Å². The fourth-order valence-electron chi connectivity index (χ4n) is 2.59. The van der Waals surface area contributed by atoms with Crippen LogP contribution in [-0.4, -0.2) is 43.5 Å². The van der Waals surface area contributed by atoms with E-state index < -0.39 is 0 Å². The van der Waals surface area contributed by atoms with Crippen LogP contribution in [0.1, 0.15) is 44.0 Å². The molecule has 0 aliphatic carbocycles. The van der Waals surface area contributed by atoms with Gasteiger partial charge in [0.1, 0.15) is 5.76 Å². The Balaban J connectivity index is 1.92. The van der Waals surface area contributed by atoms with E-state index in [0.717, 1.165) is 18.3 Å². The Morgan fingerprint density at radius 1 is 1.19 bits per heavy atom. The number of hydrogen-bond donors (Lipinski definition) is 2. The molecular formula is C20H31N5O. The van der Waals surface area contributed by atoms with Crippen LogP contribution in [0.25, 0.3) is 0 Å². The predicted molar refractivity (Wildman–Crippen MR) is 106 cm³/mol. The topological polar surface area (TPSA) is 65.7 Å². The molecular weight excluding hydrogens is 326 g/mol. The highest BCUT2D eigenvalue weighted by Crippen LogP contribution is 2.22. The van der Waals surface area contributed by atoms with Gasteiger partial charge in [0.25, 0.3) is 0 Å². The lowest BCUT2D eigenvalue weighted by atomic mass is 9.94. The first kappa shape index (κ1) is 20.0. The molecule has 0 aliphatic rings. The van der Waals surface area contributed by atoms with Crippen molar-refractivity contribution in [3.63, 3.8) is 0 Å². The highest BCUT2D eigenvalue weighted by Gasteiger charge is 2.19. The SMILES string of the molecule is CN=C(NCc1ncc(C(C)(C)C)o1)NCC(c1ccccc1)N(C)C. The van der Waals surface area contributed by atoms with Crippen molar-refractivity contribution >= 4 is 5.96 Å². The number of likely N-dealkylation sites (N-methyl/N-ethyl adjacent to an activating group) is 1. The van der Waals surface area contributed by atoms with E-state index in [1.165, 1.54) is 5.56 Å². The molecule has 1 heterocycles. The van der Waals surface area contributed by atoms with Crippen molar-refractivity contribution in [1.82, 2.24) is 20.5 Å². The number of nitrogens with zero attached hydrogens (tertiary/aromatic N) is 3. The molecule has 2 aromatic rings. The summed E-state index contributed by atoms with van der Waals surface area (Å²) in [6, 6.07) is 10.7. The maximum absolute atomic E-state index is 5.81. The van der Waals surface area contributed by atoms with Gasteiger partial charge < -0.3 is 20.0 Å². The monoisotopic (exact) mass is 357 g/mol. The van der Waals surface area contributed by atoms with Crippen LogP contribution in [0.4, 0.5) is 0 Å². The van der Waals surface area contributed by atoms with Crippen molar-refractivity contribution in [3.05, 3.63) is 53.7 Å². The summed E-state index contributed by atoms with van der Waals surface area (Å²) < 4.78 is 5.81. The molecule has 6 nitrogen and oxygen atoms in total. The van der Waals surface area contributed by atoms with E-state index in [9.17, 15) is 0 Å². The van der Waals surface area contributed by atoms with E-state index in [1.807, 2.05) is 6.07 Å². The largest absolute Gasteiger partial charge is 0.443 e. The van der Waals surface area contributed by atoms with E-state index in [-0.39, 0.29) is 11.5 Å². The van der Waals surface area contributed by atoms with Crippen LogP contribution in [0.2, 0.25) is 0 Å². The number of guanidine groups is 1. The summed E-state index contributed by atoms with van der Waals surface area (Å²) in [5.41, 5.74) is 1.22. The van der Waals surface area contributed by atoms with Gasteiger partial charge in [-0.05, 0) is 19.7 Å². The number of aliphatic imine (C=N–C) groups is 1. The summed E-state index contributed by atoms with van der Waals surface area (Å²) in [6.45, 7) is 7.56. The normalized spacial score (nSPS) is 13.7. The molecule has 2 rings (SSSR count). The fraction of sp³-hybridized carbons (Fsp3) is 0.500. The third-order valence-corrected chi connectivity index (χ3v) is 4.19. The van der Waals surface area contributed by atoms with Gasteiger partial charge in [-0.15, -0.1) is 0 Å². The lowest BCUT2D eigenvalue weighted by Crippen LogP contribution is -2.41. The molecule has 6 heteroatoms. The Bertz CT molecular complexity index is 700. The Hall–Kier alpha value is -2.34. The summed E-state index contributed by atoms with van der Waals surface area (Å²) >= 11 is 0. The van der Waals surface area contributed by atoms with Crippen molar-refractivity contribution in [2.45, 2.75) is 38.8 Å². The molecule has 0 saturated heterocycles. The quantitative estimate of drug-likeness (QED) is 0.615. The Morgan fingerprint density at radius 3 is 2.42 bits per heavy atom. The number of aromatic nitrogens is 1. The van der Waals surface area contributed by atoms with Crippen molar-refractivity contribution in [2.75, 3.05) is 27.7 Å². The molecule has 142 valence electrons. The van der Waals surface area contributed by atoms with E-state index in [4.69, 9.17) is 4.42 Å². The zero-order chi connectivity index (χ0) is 19.2. The van der Waals surface area contributed by atoms with Gasteiger partial charge in [0.15, 0.2) is 5.96 Å². The van der Waals surface area contributed by atoms with Gasteiger partial charge in [-0.2, -0.15) is 0 Å². The number of benzene rings is 1. The maximum atomic E-state index is 5.81. The van der Waals surface area contributed by atoms with Crippen LogP contribution >= 0.6 is 0 Å². The van der Waals surface area contributed by atoms with Gasteiger partial charge in [-0.25, -0.2) is 4.98 Å². The molecule has 26 heavy (non-hydrogen) atoms. The molecule has 0 amide bonds. The van der Waals surface area contributed by atoms with Gasteiger partial charge in [-0.1, -0.05) is 51.1 Å². The van der Waals surface area contributed by atoms with E-state index in [1.54, 1.807) is 13.2 Å². The Morgan fingerprint density at radius 2 is 1.88 bits per heavy atom. The molecule has 0 bridgehead atoms. The summed E-state index contributed by atoms with van der Waals surface area (Å²) in [5.74, 6) is 2.27. The van der Waals surface area contributed by atoms with E-state index >= 15 is 0 Å². The smallest absolute Gasteiger partial charge is 0.213 e. The standard InChI is InChI=1S/C20H31N5O/c1-20(2,3)17-13-22-18(26-17)14-24-19(21-4)23-12-16(25(5)6)15-10-8-7-9-11-15/h7-11,13,16H,12,14H2,1-6H3,(H2,21,23,24). The minimum Gasteiger partial charge on any atom is -0.443 e. The van der Waals surface area contributed by atoms with Crippen LogP contribution in [0, 0.1) is 0 Å². The molecule has 0 spiro atoms. The summed E-state index contributed by atoms with van der Waals surface area (Å²) in [5, 5.41) is 6.64. The average Bonchev–Trinajstić information content (AvgIpc) is 3.08. The number of oxazole rings is 1. The van der Waals surface area contributed by atoms with Crippen LogP contribution in [0.5, 0.6) is 0 Å². The van der Waals surface area contributed by atoms with Gasteiger partial charge in [0, 0.05) is 19.0 Å². The second-order valence-corrected chi connectivity index (χ2v) is 7.57. The van der Waals surface area contributed by atoms with E-state index in [0.29, 0.717) is 12.4 Å². The summed E-state index contributed by atoms with van der Waals surface area (Å²) in [6.07, 6.45) is 1.80. The molecule has 0 radical (unpaired) electrons. The highest BCUT2D eigenvalue weighted by atomic mass is 16.4. The summed E-state index contributed by atoms with van der Waals surface area (Å²) in [4.78, 5) is 10.8. The van der Waals surface area contributed by atoms with Gasteiger partial charge in [0.05, 0.1) is 18.8 Å². The van der Waals surface area contributed by atoms with Crippen molar-refractivity contribution in [2.24, 2.45) is 4.99 Å². The second-order valence-electron chi connectivity index (χ2n) is 7.57. The minimum atomic E-state index is -0.0419. The number of rotatable bonds is 6. The first-order valence-electron chi connectivity index (χ1n) is 8.92. The zero-order valence-corrected chi connectivity index (χ0v) is 16.7. The molecule has 1 atom stereocenters. The minimum absolute atomic E-state index is 0.0419. The highest BCUT2D eigenvalue weighted by molar-refractivity contribution is 5.79. The Kier molecular flexibility index (Phi) is 6.80. The van der Waals surface area contributed by atoms with Crippen molar-refractivity contribution < 1.29 is 4.42 Å². The van der Waals surface area contributed by atoms with Crippen LogP contribution in [-0.2, 0) is 12.0 Å². The molecule has 1 aromatic carbocycles. The number of nitrogens with one attached hydrogen (secondary N) is 2. The fourth-order valence-corrected chi connectivity index (χ4v) is 2.59. The summed E-state index contributed by atoms with van der Waals surface area (Å²) in [7, 11) is 5.92. The lowest BCUT2D eigenvalue weighted by Gasteiger charge is -2.26. The first-order chi connectivity index (χ1) is 12.3. The average molecular weight is 358 g/mol. The van der Waals surface area contributed by atoms with Crippen LogP contribution < -0.4 is 10.6 Å². The number of hydrogen-bond acceptors (Lipinski definition) is 4. The van der Waals surface area contributed by atoms with Gasteiger partial charge in [-0.3, -0.25) is 4.99 Å².